The lowest BCUT2D eigenvalue weighted by atomic mass is 10.8. The van der Waals surface area contributed by atoms with Crippen LogP contribution in [0.3, 0.4) is 0 Å². The van der Waals surface area contributed by atoms with E-state index in [4.69, 9.17) is 13.3 Å². The maximum atomic E-state index is 9.88. The average molecular weight is 174 g/mol. The molecule has 0 saturated heterocycles. The van der Waals surface area contributed by atoms with Crippen LogP contribution < -0.4 is 0 Å². The van der Waals surface area contributed by atoms with Gasteiger partial charge in [0.15, 0.2) is 6.29 Å². The van der Waals surface area contributed by atoms with Gasteiger partial charge in [0, 0.05) is 21.3 Å². The van der Waals surface area contributed by atoms with E-state index in [2.05, 4.69) is 11.5 Å². The maximum Gasteiger partial charge on any atom is 0.591 e. The molecule has 0 spiro atoms. The fourth-order valence-electron chi connectivity index (χ4n) is 0.521. The quantitative estimate of drug-likeness (QED) is 0.332. The molecule has 0 rings (SSSR count). The molecule has 0 bridgehead atoms. The van der Waals surface area contributed by atoms with Crippen molar-refractivity contribution in [3.63, 3.8) is 0 Å². The van der Waals surface area contributed by atoms with Gasteiger partial charge >= 0.3 is 8.80 Å². The highest BCUT2D eigenvalue weighted by Gasteiger charge is 2.36. The lowest BCUT2D eigenvalue weighted by Crippen LogP contribution is -2.41. The predicted octanol–water partition coefficient (Wildman–Crippen LogP) is -0.394. The Kier molecular flexibility index (Phi) is 4.73. The molecule has 0 aromatic rings. The Morgan fingerprint density at radius 3 is 1.91 bits per heavy atom. The Labute approximate surface area is 66.8 Å². The highest BCUT2D eigenvalue weighted by Crippen LogP contribution is 2.02. The molecule has 4 nitrogen and oxygen atoms in total. The van der Waals surface area contributed by atoms with E-state index in [-0.39, 0.29) is 0 Å². The van der Waals surface area contributed by atoms with Crippen molar-refractivity contribution in [1.82, 2.24) is 0 Å². The van der Waals surface area contributed by atoms with Gasteiger partial charge in [-0.15, -0.1) is 0 Å². The van der Waals surface area contributed by atoms with Crippen molar-refractivity contribution in [2.45, 2.75) is 0 Å². The molecule has 0 aliphatic carbocycles. The number of aldehydes is 1. The minimum atomic E-state index is -2.83. The van der Waals surface area contributed by atoms with Crippen LogP contribution in [0, 0.1) is 11.5 Å². The summed E-state index contributed by atoms with van der Waals surface area (Å²) in [5.74, 6) is 2.20. The second kappa shape index (κ2) is 5.04. The Balaban J connectivity index is 4.40. The molecule has 0 aliphatic heterocycles. The van der Waals surface area contributed by atoms with Crippen LogP contribution in [0.1, 0.15) is 0 Å². The van der Waals surface area contributed by atoms with Crippen LogP contribution >= 0.6 is 0 Å². The summed E-state index contributed by atoms with van der Waals surface area (Å²) < 4.78 is 14.7. The Morgan fingerprint density at radius 2 is 1.64 bits per heavy atom. The van der Waals surface area contributed by atoms with Gasteiger partial charge < -0.3 is 13.3 Å². The lowest BCUT2D eigenvalue weighted by Gasteiger charge is -2.16. The zero-order valence-electron chi connectivity index (χ0n) is 6.71. The first-order chi connectivity index (χ1) is 5.24. The highest BCUT2D eigenvalue weighted by atomic mass is 28.4. The molecule has 0 amide bonds. The van der Waals surface area contributed by atoms with Gasteiger partial charge in [0.1, 0.15) is 0 Å². The second-order valence-electron chi connectivity index (χ2n) is 1.56. The summed E-state index contributed by atoms with van der Waals surface area (Å²) in [7, 11) is 1.46. The summed E-state index contributed by atoms with van der Waals surface area (Å²) >= 11 is 0. The Bertz CT molecular complexity index is 168. The normalized spacial score (nSPS) is 10.1. The van der Waals surface area contributed by atoms with Crippen molar-refractivity contribution in [3.05, 3.63) is 0 Å². The SMILES string of the molecule is CO[Si](C#CC=O)(OC)OC. The van der Waals surface area contributed by atoms with Gasteiger partial charge in [-0.1, -0.05) is 0 Å². The van der Waals surface area contributed by atoms with E-state index in [9.17, 15) is 4.79 Å². The standard InChI is InChI=1S/C6H10O4Si/c1-8-11(9-2,10-3)6-4-5-7/h5H,1-3H3. The lowest BCUT2D eigenvalue weighted by molar-refractivity contribution is -0.103. The maximum absolute atomic E-state index is 9.88. The van der Waals surface area contributed by atoms with E-state index in [1.165, 1.54) is 21.3 Å². The highest BCUT2D eigenvalue weighted by molar-refractivity contribution is 6.69. The van der Waals surface area contributed by atoms with Gasteiger partial charge in [0.25, 0.3) is 0 Å². The third-order valence-electron chi connectivity index (χ3n) is 1.09. The Hall–Kier alpha value is -0.673. The molecule has 0 aromatic heterocycles. The van der Waals surface area contributed by atoms with Gasteiger partial charge in [-0.3, -0.25) is 4.79 Å². The number of hydrogen-bond donors (Lipinski definition) is 0. The number of rotatable bonds is 3. The van der Waals surface area contributed by atoms with E-state index >= 15 is 0 Å². The zero-order valence-corrected chi connectivity index (χ0v) is 7.71. The molecule has 11 heavy (non-hydrogen) atoms. The van der Waals surface area contributed by atoms with Gasteiger partial charge in [-0.05, 0) is 11.5 Å². The van der Waals surface area contributed by atoms with Crippen LogP contribution in [0.25, 0.3) is 0 Å². The van der Waals surface area contributed by atoms with E-state index in [1.807, 2.05) is 0 Å². The van der Waals surface area contributed by atoms with Crippen molar-refractivity contribution < 1.29 is 18.1 Å². The van der Waals surface area contributed by atoms with Gasteiger partial charge in [0.2, 0.25) is 0 Å². The summed E-state index contributed by atoms with van der Waals surface area (Å²) in [4.78, 5) is 9.88. The molecule has 5 heteroatoms. The predicted molar refractivity (Wildman–Crippen MR) is 40.6 cm³/mol. The molecule has 0 aromatic carbocycles. The third-order valence-corrected chi connectivity index (χ3v) is 3.15. The third kappa shape index (κ3) is 2.82. The van der Waals surface area contributed by atoms with Crippen LogP contribution in [0.2, 0.25) is 0 Å². The molecule has 0 unspecified atom stereocenters. The summed E-state index contributed by atoms with van der Waals surface area (Å²) in [6.45, 7) is 0. The van der Waals surface area contributed by atoms with Crippen LogP contribution in [0.15, 0.2) is 0 Å². The first-order valence-corrected chi connectivity index (χ1v) is 4.59. The van der Waals surface area contributed by atoms with E-state index in [0.29, 0.717) is 6.29 Å². The van der Waals surface area contributed by atoms with E-state index in [1.54, 1.807) is 0 Å². The number of carbonyl (C=O) groups is 1. The minimum absolute atomic E-state index is 0.471. The molecule has 0 radical (unpaired) electrons. The molecule has 0 heterocycles. The summed E-state index contributed by atoms with van der Waals surface area (Å²) in [5.41, 5.74) is 2.49. The fourth-order valence-corrected chi connectivity index (χ4v) is 1.56. The van der Waals surface area contributed by atoms with Gasteiger partial charge in [-0.25, -0.2) is 0 Å². The van der Waals surface area contributed by atoms with Gasteiger partial charge in [0.05, 0.1) is 0 Å². The second-order valence-corrected chi connectivity index (χ2v) is 4.14. The topological polar surface area (TPSA) is 44.8 Å². The van der Waals surface area contributed by atoms with Gasteiger partial charge in [-0.2, -0.15) is 0 Å². The average Bonchev–Trinajstić information content (AvgIpc) is 2.08. The molecule has 0 saturated carbocycles. The van der Waals surface area contributed by atoms with E-state index < -0.39 is 8.80 Å². The molecule has 0 atom stereocenters. The zero-order chi connectivity index (χ0) is 8.74. The summed E-state index contributed by atoms with van der Waals surface area (Å²) in [6.07, 6.45) is 0.471. The van der Waals surface area contributed by atoms with Crippen molar-refractivity contribution in [2.24, 2.45) is 0 Å². The number of carbonyl (C=O) groups excluding carboxylic acids is 1. The van der Waals surface area contributed by atoms with Crippen molar-refractivity contribution in [3.8, 4) is 11.5 Å². The smallest absolute Gasteiger partial charge is 0.367 e. The number of hydrogen-bond acceptors (Lipinski definition) is 4. The first-order valence-electron chi connectivity index (χ1n) is 2.86. The van der Waals surface area contributed by atoms with Crippen LogP contribution in [-0.4, -0.2) is 36.4 Å². The van der Waals surface area contributed by atoms with Crippen molar-refractivity contribution in [1.29, 1.82) is 0 Å². The molecular weight excluding hydrogens is 164 g/mol. The molecule has 62 valence electrons. The summed E-state index contributed by atoms with van der Waals surface area (Å²) in [5, 5.41) is 0. The fraction of sp³-hybridized carbons (Fsp3) is 0.500. The first kappa shape index (κ1) is 10.3. The summed E-state index contributed by atoms with van der Waals surface area (Å²) in [6, 6.07) is 0. The molecular formula is C6H10O4Si. The van der Waals surface area contributed by atoms with Crippen molar-refractivity contribution >= 4 is 15.1 Å². The largest absolute Gasteiger partial charge is 0.591 e. The molecule has 0 N–H and O–H groups in total. The van der Waals surface area contributed by atoms with Crippen LogP contribution in [0.4, 0.5) is 0 Å². The van der Waals surface area contributed by atoms with Crippen molar-refractivity contribution in [2.75, 3.05) is 21.3 Å². The molecule has 0 aliphatic rings. The molecule has 0 fully saturated rings. The minimum Gasteiger partial charge on any atom is -0.367 e. The Morgan fingerprint density at radius 1 is 1.18 bits per heavy atom. The van der Waals surface area contributed by atoms with Crippen LogP contribution in [-0.2, 0) is 18.1 Å². The monoisotopic (exact) mass is 174 g/mol. The van der Waals surface area contributed by atoms with E-state index in [0.717, 1.165) is 0 Å². The van der Waals surface area contributed by atoms with Crippen LogP contribution in [0.5, 0.6) is 0 Å².